The van der Waals surface area contributed by atoms with Crippen molar-refractivity contribution in [3.8, 4) is 0 Å². The van der Waals surface area contributed by atoms with Crippen molar-refractivity contribution in [3.05, 3.63) is 69.5 Å². The quantitative estimate of drug-likeness (QED) is 0.401. The number of fused-ring (bicyclic) bond motifs is 1. The van der Waals surface area contributed by atoms with Crippen LogP contribution in [0, 0.1) is 6.92 Å². The minimum absolute atomic E-state index is 0.0961. The number of carbonyl (C=O) groups excluding carboxylic acids is 1. The molecule has 0 atom stereocenters. The van der Waals surface area contributed by atoms with Gasteiger partial charge in [-0.25, -0.2) is 9.67 Å². The fourth-order valence-corrected chi connectivity index (χ4v) is 4.50. The fraction of sp³-hybridized carbons (Fsp3) is 0.158. The lowest BCUT2D eigenvalue weighted by molar-refractivity contribution is 0.0924. The van der Waals surface area contributed by atoms with E-state index in [0.717, 1.165) is 5.56 Å². The van der Waals surface area contributed by atoms with E-state index < -0.39 is 0 Å². The zero-order chi connectivity index (χ0) is 19.7. The lowest BCUT2D eigenvalue weighted by Crippen LogP contribution is -2.24. The average molecular weight is 412 g/mol. The van der Waals surface area contributed by atoms with E-state index in [1.54, 1.807) is 17.6 Å². The molecule has 0 unspecified atom stereocenters. The van der Waals surface area contributed by atoms with Crippen LogP contribution in [-0.4, -0.2) is 31.0 Å². The standard InChI is InChI=1S/C19H17N5O2S2/c1-12-9-15(20)22-24(12)16(25)11-28-19-21-14-7-8-27-17(14)18(26)23(19)10-13-5-3-2-4-6-13/h2-9H,10-11H2,1H3,(H2,20,22). The molecule has 0 saturated heterocycles. The Labute approximate surface area is 168 Å². The van der Waals surface area contributed by atoms with E-state index in [2.05, 4.69) is 10.1 Å². The molecular weight excluding hydrogens is 394 g/mol. The zero-order valence-electron chi connectivity index (χ0n) is 15.0. The molecule has 7 nitrogen and oxygen atoms in total. The van der Waals surface area contributed by atoms with Gasteiger partial charge in [0, 0.05) is 11.8 Å². The maximum Gasteiger partial charge on any atom is 0.272 e. The summed E-state index contributed by atoms with van der Waals surface area (Å²) in [4.78, 5) is 30.1. The van der Waals surface area contributed by atoms with E-state index in [1.807, 2.05) is 41.8 Å². The second-order valence-corrected chi connectivity index (χ2v) is 8.07. The van der Waals surface area contributed by atoms with Gasteiger partial charge in [-0.2, -0.15) is 0 Å². The Morgan fingerprint density at radius 1 is 1.25 bits per heavy atom. The van der Waals surface area contributed by atoms with E-state index in [-0.39, 0.29) is 17.2 Å². The van der Waals surface area contributed by atoms with Crippen molar-refractivity contribution in [1.82, 2.24) is 19.3 Å². The maximum absolute atomic E-state index is 13.0. The number of nitrogens with zero attached hydrogens (tertiary/aromatic N) is 4. The number of carbonyl (C=O) groups is 1. The molecule has 0 aliphatic heterocycles. The Hall–Kier alpha value is -2.91. The predicted octanol–water partition coefficient (Wildman–Crippen LogP) is 3.03. The van der Waals surface area contributed by atoms with Gasteiger partial charge in [-0.1, -0.05) is 42.1 Å². The third kappa shape index (κ3) is 3.58. The van der Waals surface area contributed by atoms with Crippen LogP contribution >= 0.6 is 23.1 Å². The van der Waals surface area contributed by atoms with E-state index in [9.17, 15) is 9.59 Å². The molecule has 0 radical (unpaired) electrons. The number of hydrogen-bond donors (Lipinski definition) is 1. The SMILES string of the molecule is Cc1cc(N)nn1C(=O)CSc1nc2ccsc2c(=O)n1Cc1ccccc1. The van der Waals surface area contributed by atoms with Gasteiger partial charge in [0.25, 0.3) is 11.5 Å². The summed E-state index contributed by atoms with van der Waals surface area (Å²) in [5.41, 5.74) is 7.87. The smallest absolute Gasteiger partial charge is 0.272 e. The number of thioether (sulfide) groups is 1. The Morgan fingerprint density at radius 3 is 2.75 bits per heavy atom. The van der Waals surface area contributed by atoms with Crippen LogP contribution in [0.25, 0.3) is 10.2 Å². The Morgan fingerprint density at radius 2 is 2.04 bits per heavy atom. The highest BCUT2D eigenvalue weighted by Gasteiger charge is 2.16. The molecule has 0 aliphatic carbocycles. The second-order valence-electron chi connectivity index (χ2n) is 6.21. The number of aromatic nitrogens is 4. The van der Waals surface area contributed by atoms with Crippen LogP contribution in [0.4, 0.5) is 5.82 Å². The van der Waals surface area contributed by atoms with Crippen molar-refractivity contribution in [3.63, 3.8) is 0 Å². The van der Waals surface area contributed by atoms with Crippen molar-refractivity contribution in [2.45, 2.75) is 18.6 Å². The van der Waals surface area contributed by atoms with Crippen LogP contribution in [0.2, 0.25) is 0 Å². The molecule has 0 fully saturated rings. The average Bonchev–Trinajstić information content (AvgIpc) is 3.29. The number of thiophene rings is 1. The van der Waals surface area contributed by atoms with Crippen LogP contribution in [0.5, 0.6) is 0 Å². The Bertz CT molecular complexity index is 1210. The molecule has 0 amide bonds. The van der Waals surface area contributed by atoms with Crippen LogP contribution in [0.1, 0.15) is 16.1 Å². The Kier molecular flexibility index (Phi) is 5.01. The highest BCUT2D eigenvalue weighted by atomic mass is 32.2. The Balaban J connectivity index is 1.67. The number of hydrogen-bond acceptors (Lipinski definition) is 7. The molecule has 9 heteroatoms. The highest BCUT2D eigenvalue weighted by molar-refractivity contribution is 7.99. The molecule has 4 rings (SSSR count). The third-order valence-electron chi connectivity index (χ3n) is 4.18. The lowest BCUT2D eigenvalue weighted by atomic mass is 10.2. The van der Waals surface area contributed by atoms with Crippen molar-refractivity contribution >= 4 is 45.0 Å². The molecule has 4 aromatic rings. The summed E-state index contributed by atoms with van der Waals surface area (Å²) in [6, 6.07) is 13.2. The van der Waals surface area contributed by atoms with Gasteiger partial charge in [0.15, 0.2) is 5.16 Å². The minimum Gasteiger partial charge on any atom is -0.382 e. The number of nitrogen functional groups attached to an aromatic ring is 1. The fourth-order valence-electron chi connectivity index (χ4n) is 2.88. The molecule has 0 aliphatic rings. The zero-order valence-corrected chi connectivity index (χ0v) is 16.7. The summed E-state index contributed by atoms with van der Waals surface area (Å²) in [5, 5.41) is 6.37. The number of anilines is 1. The summed E-state index contributed by atoms with van der Waals surface area (Å²) in [6.07, 6.45) is 0. The van der Waals surface area contributed by atoms with Gasteiger partial charge in [0.2, 0.25) is 0 Å². The van der Waals surface area contributed by atoms with Crippen LogP contribution in [0.15, 0.2) is 57.8 Å². The van der Waals surface area contributed by atoms with Gasteiger partial charge in [0.1, 0.15) is 10.5 Å². The third-order valence-corrected chi connectivity index (χ3v) is 6.03. The topological polar surface area (TPSA) is 95.8 Å². The summed E-state index contributed by atoms with van der Waals surface area (Å²) in [7, 11) is 0. The van der Waals surface area contributed by atoms with Crippen LogP contribution in [0.3, 0.4) is 0 Å². The van der Waals surface area contributed by atoms with Gasteiger partial charge in [-0.3, -0.25) is 14.2 Å². The largest absolute Gasteiger partial charge is 0.382 e. The molecule has 1 aromatic carbocycles. The van der Waals surface area contributed by atoms with Gasteiger partial charge in [-0.15, -0.1) is 16.4 Å². The summed E-state index contributed by atoms with van der Waals surface area (Å²) >= 11 is 2.60. The van der Waals surface area contributed by atoms with Gasteiger partial charge in [0.05, 0.1) is 17.8 Å². The normalized spacial score (nSPS) is 11.2. The van der Waals surface area contributed by atoms with Gasteiger partial charge in [-0.05, 0) is 23.9 Å². The number of aryl methyl sites for hydroxylation is 1. The molecule has 0 saturated carbocycles. The monoisotopic (exact) mass is 411 g/mol. The molecule has 0 spiro atoms. The van der Waals surface area contributed by atoms with E-state index in [4.69, 9.17) is 5.73 Å². The second kappa shape index (κ2) is 7.61. The highest BCUT2D eigenvalue weighted by Crippen LogP contribution is 2.22. The first-order valence-corrected chi connectivity index (χ1v) is 10.4. The van der Waals surface area contributed by atoms with E-state index in [0.29, 0.717) is 33.4 Å². The van der Waals surface area contributed by atoms with Crippen molar-refractivity contribution in [2.24, 2.45) is 0 Å². The molecule has 3 heterocycles. The summed E-state index contributed by atoms with van der Waals surface area (Å²) in [5.74, 6) is 0.179. The van der Waals surface area contributed by atoms with Crippen LogP contribution < -0.4 is 11.3 Å². The maximum atomic E-state index is 13.0. The van der Waals surface area contributed by atoms with Crippen molar-refractivity contribution in [2.75, 3.05) is 11.5 Å². The van der Waals surface area contributed by atoms with Crippen molar-refractivity contribution < 1.29 is 4.79 Å². The van der Waals surface area contributed by atoms with E-state index >= 15 is 0 Å². The first-order valence-electron chi connectivity index (χ1n) is 8.53. The molecule has 142 valence electrons. The number of nitrogens with two attached hydrogens (primary N) is 1. The minimum atomic E-state index is -0.217. The summed E-state index contributed by atoms with van der Waals surface area (Å²) < 4.78 is 3.52. The summed E-state index contributed by atoms with van der Waals surface area (Å²) in [6.45, 7) is 2.16. The molecule has 28 heavy (non-hydrogen) atoms. The lowest BCUT2D eigenvalue weighted by Gasteiger charge is -2.12. The first-order chi connectivity index (χ1) is 13.5. The number of benzene rings is 1. The molecule has 0 bridgehead atoms. The van der Waals surface area contributed by atoms with Crippen molar-refractivity contribution in [1.29, 1.82) is 0 Å². The molecule has 2 N–H and O–H groups in total. The predicted molar refractivity (Wildman–Crippen MR) is 112 cm³/mol. The molecular formula is C19H17N5O2S2. The van der Waals surface area contributed by atoms with E-state index in [1.165, 1.54) is 27.8 Å². The van der Waals surface area contributed by atoms with Crippen LogP contribution in [-0.2, 0) is 6.54 Å². The van der Waals surface area contributed by atoms with Gasteiger partial charge >= 0.3 is 0 Å². The van der Waals surface area contributed by atoms with Gasteiger partial charge < -0.3 is 5.73 Å². The first kappa shape index (κ1) is 18.5. The molecule has 3 aromatic heterocycles. The number of rotatable bonds is 5.